The molecule has 0 bridgehead atoms. The average molecular weight is 437 g/mol. The maximum Gasteiger partial charge on any atom is 0.422 e. The maximum absolute atomic E-state index is 13.8. The average Bonchev–Trinajstić information content (AvgIpc) is 3.11. The van der Waals surface area contributed by atoms with Crippen LogP contribution in [0.25, 0.3) is 11.3 Å². The number of hydrogen-bond donors (Lipinski definition) is 1. The van der Waals surface area contributed by atoms with Crippen LogP contribution >= 0.6 is 11.6 Å². The summed E-state index contributed by atoms with van der Waals surface area (Å²) in [5, 5.41) is 3.79. The summed E-state index contributed by atoms with van der Waals surface area (Å²) in [6.07, 6.45) is -4.72. The number of halogens is 8. The highest BCUT2D eigenvalue weighted by Crippen LogP contribution is 2.38. The lowest BCUT2D eigenvalue weighted by Gasteiger charge is -2.13. The zero-order chi connectivity index (χ0) is 21.3. The van der Waals surface area contributed by atoms with E-state index in [1.165, 1.54) is 12.1 Å². The predicted molar refractivity (Wildman–Crippen MR) is 91.6 cm³/mol. The van der Waals surface area contributed by atoms with Crippen molar-refractivity contribution in [3.8, 4) is 11.3 Å². The molecule has 0 aliphatic carbocycles. The summed E-state index contributed by atoms with van der Waals surface area (Å²) in [4.78, 5) is 0. The van der Waals surface area contributed by atoms with Crippen molar-refractivity contribution >= 4 is 23.5 Å². The van der Waals surface area contributed by atoms with Crippen molar-refractivity contribution in [2.45, 2.75) is 6.18 Å². The van der Waals surface area contributed by atoms with Gasteiger partial charge in [0.15, 0.2) is 23.3 Å². The van der Waals surface area contributed by atoms with Crippen LogP contribution in [0.4, 0.5) is 36.4 Å². The first-order valence-electron chi connectivity index (χ1n) is 7.67. The van der Waals surface area contributed by atoms with E-state index in [2.05, 4.69) is 5.10 Å². The Labute approximate surface area is 163 Å². The van der Waals surface area contributed by atoms with Crippen molar-refractivity contribution in [3.63, 3.8) is 0 Å². The smallest absolute Gasteiger partial charge is 0.422 e. The number of hydrazone groups is 1. The summed E-state index contributed by atoms with van der Waals surface area (Å²) in [7, 11) is 0. The molecular weight excluding hydrogens is 429 g/mol. The zero-order valence-corrected chi connectivity index (χ0v) is 14.7. The molecule has 2 aromatic carbocycles. The van der Waals surface area contributed by atoms with E-state index in [1.807, 2.05) is 0 Å². The van der Waals surface area contributed by atoms with Gasteiger partial charge in [-0.1, -0.05) is 23.7 Å². The standard InChI is InChI=1S/C18H8ClF7N2O/c19-9-3-1-2-8(6-9)11-5-4-10(29-11)7-27-28-17-15(22)13(20)12(18(24,25)26)14(21)16(17)23/h1-7,28H/b27-7+. The summed E-state index contributed by atoms with van der Waals surface area (Å²) >= 11 is 5.87. The minimum Gasteiger partial charge on any atom is -0.455 e. The molecule has 0 atom stereocenters. The van der Waals surface area contributed by atoms with Crippen LogP contribution in [0.1, 0.15) is 11.3 Å². The van der Waals surface area contributed by atoms with Gasteiger partial charge in [0.2, 0.25) is 0 Å². The van der Waals surface area contributed by atoms with Crippen molar-refractivity contribution in [3.05, 3.63) is 76.0 Å². The second kappa shape index (κ2) is 7.78. The SMILES string of the molecule is Fc1c(F)c(C(F)(F)F)c(F)c(F)c1N/N=C/c1ccc(-c2cccc(Cl)c2)o1. The normalized spacial score (nSPS) is 12.0. The first-order valence-corrected chi connectivity index (χ1v) is 8.05. The number of nitrogens with zero attached hydrogens (tertiary/aromatic N) is 1. The van der Waals surface area contributed by atoms with Gasteiger partial charge in [-0.2, -0.15) is 18.3 Å². The number of anilines is 1. The minimum atomic E-state index is -5.62. The molecule has 0 aliphatic rings. The summed E-state index contributed by atoms with van der Waals surface area (Å²) in [6.45, 7) is 0. The highest BCUT2D eigenvalue weighted by atomic mass is 35.5. The van der Waals surface area contributed by atoms with Crippen molar-refractivity contribution < 1.29 is 35.2 Å². The first kappa shape index (κ1) is 20.7. The van der Waals surface area contributed by atoms with Crippen LogP contribution in [-0.4, -0.2) is 6.21 Å². The number of rotatable bonds is 4. The van der Waals surface area contributed by atoms with Crippen LogP contribution in [-0.2, 0) is 6.18 Å². The molecule has 1 N–H and O–H groups in total. The fraction of sp³-hybridized carbons (Fsp3) is 0.0556. The van der Waals surface area contributed by atoms with Crippen LogP contribution < -0.4 is 5.43 Å². The highest BCUT2D eigenvalue weighted by molar-refractivity contribution is 6.30. The summed E-state index contributed by atoms with van der Waals surface area (Å²) in [6, 6.07) is 9.58. The second-order valence-corrected chi connectivity index (χ2v) is 6.02. The molecule has 3 rings (SSSR count). The molecule has 0 radical (unpaired) electrons. The van der Waals surface area contributed by atoms with E-state index >= 15 is 0 Å². The van der Waals surface area contributed by atoms with E-state index in [9.17, 15) is 30.7 Å². The third-order valence-electron chi connectivity index (χ3n) is 3.65. The molecule has 0 aliphatic heterocycles. The molecule has 0 fully saturated rings. The summed E-state index contributed by atoms with van der Waals surface area (Å²) < 4.78 is 97.7. The molecule has 0 unspecified atom stereocenters. The van der Waals surface area contributed by atoms with Gasteiger partial charge in [-0.15, -0.1) is 0 Å². The van der Waals surface area contributed by atoms with Crippen molar-refractivity contribution in [2.24, 2.45) is 5.10 Å². The Morgan fingerprint density at radius 3 is 2.17 bits per heavy atom. The number of furan rings is 1. The molecule has 0 saturated heterocycles. The van der Waals surface area contributed by atoms with Crippen molar-refractivity contribution in [1.82, 2.24) is 0 Å². The molecule has 0 spiro atoms. The maximum atomic E-state index is 13.8. The quantitative estimate of drug-likeness (QED) is 0.216. The number of hydrogen-bond acceptors (Lipinski definition) is 3. The lowest BCUT2D eigenvalue weighted by molar-refractivity contribution is -0.143. The van der Waals surface area contributed by atoms with Gasteiger partial charge in [0.05, 0.1) is 6.21 Å². The third-order valence-corrected chi connectivity index (χ3v) is 3.89. The number of alkyl halides is 3. The van der Waals surface area contributed by atoms with Gasteiger partial charge in [0.1, 0.15) is 22.8 Å². The van der Waals surface area contributed by atoms with Crippen molar-refractivity contribution in [1.29, 1.82) is 0 Å². The Bertz CT molecular complexity index is 1060. The van der Waals surface area contributed by atoms with Gasteiger partial charge in [0.25, 0.3) is 0 Å². The van der Waals surface area contributed by atoms with E-state index in [4.69, 9.17) is 16.0 Å². The lowest BCUT2D eigenvalue weighted by Crippen LogP contribution is -2.16. The molecular formula is C18H8ClF7N2O. The topological polar surface area (TPSA) is 37.5 Å². The largest absolute Gasteiger partial charge is 0.455 e. The van der Waals surface area contributed by atoms with Crippen LogP contribution in [0.5, 0.6) is 0 Å². The molecule has 1 aromatic heterocycles. The molecule has 3 nitrogen and oxygen atoms in total. The van der Waals surface area contributed by atoms with E-state index in [-0.39, 0.29) is 5.76 Å². The Morgan fingerprint density at radius 2 is 1.59 bits per heavy atom. The van der Waals surface area contributed by atoms with Gasteiger partial charge >= 0.3 is 6.18 Å². The Morgan fingerprint density at radius 1 is 0.931 bits per heavy atom. The second-order valence-electron chi connectivity index (χ2n) is 5.59. The third kappa shape index (κ3) is 4.21. The molecule has 0 amide bonds. The summed E-state index contributed by atoms with van der Waals surface area (Å²) in [5.41, 5.74) is -1.93. The van der Waals surface area contributed by atoms with Gasteiger partial charge < -0.3 is 4.42 Å². The van der Waals surface area contributed by atoms with Gasteiger partial charge in [-0.25, -0.2) is 17.6 Å². The Balaban J connectivity index is 1.85. The highest BCUT2D eigenvalue weighted by Gasteiger charge is 2.42. The van der Waals surface area contributed by atoms with Crippen molar-refractivity contribution in [2.75, 3.05) is 5.43 Å². The van der Waals surface area contributed by atoms with Crippen LogP contribution in [0.3, 0.4) is 0 Å². The molecule has 29 heavy (non-hydrogen) atoms. The predicted octanol–water partition coefficient (Wildman–Crippen LogP) is 6.62. The van der Waals surface area contributed by atoms with E-state index in [0.717, 1.165) is 6.21 Å². The number of benzene rings is 2. The monoisotopic (exact) mass is 436 g/mol. The lowest BCUT2D eigenvalue weighted by atomic mass is 10.1. The number of nitrogens with one attached hydrogen (secondary N) is 1. The van der Waals surface area contributed by atoms with E-state index in [1.54, 1.807) is 29.7 Å². The molecule has 152 valence electrons. The van der Waals surface area contributed by atoms with Gasteiger partial charge in [0, 0.05) is 10.6 Å². The first-order chi connectivity index (χ1) is 13.6. The zero-order valence-electron chi connectivity index (χ0n) is 13.9. The van der Waals surface area contributed by atoms with E-state index in [0.29, 0.717) is 16.3 Å². The fourth-order valence-corrected chi connectivity index (χ4v) is 2.55. The van der Waals surface area contributed by atoms with Crippen LogP contribution in [0.2, 0.25) is 5.02 Å². The fourth-order valence-electron chi connectivity index (χ4n) is 2.36. The molecule has 3 aromatic rings. The molecule has 11 heteroatoms. The van der Waals surface area contributed by atoms with Gasteiger partial charge in [-0.3, -0.25) is 5.43 Å². The van der Waals surface area contributed by atoms with Crippen LogP contribution in [0.15, 0.2) is 45.9 Å². The Kier molecular flexibility index (Phi) is 5.56. The Hall–Kier alpha value is -3.01. The van der Waals surface area contributed by atoms with Gasteiger partial charge in [-0.05, 0) is 24.3 Å². The van der Waals surface area contributed by atoms with Crippen LogP contribution in [0, 0.1) is 23.3 Å². The summed E-state index contributed by atoms with van der Waals surface area (Å²) in [5.74, 6) is -9.27. The molecule has 0 saturated carbocycles. The van der Waals surface area contributed by atoms with E-state index < -0.39 is 40.7 Å². The molecule has 1 heterocycles. The minimum absolute atomic E-state index is 0.0705.